The molecule has 0 saturated carbocycles. The van der Waals surface area contributed by atoms with E-state index in [9.17, 15) is 19.4 Å². The Kier molecular flexibility index (Phi) is 5.70. The second kappa shape index (κ2) is 8.16. The van der Waals surface area contributed by atoms with Gasteiger partial charge in [0.05, 0.1) is 6.10 Å². The van der Waals surface area contributed by atoms with Gasteiger partial charge in [0.25, 0.3) is 5.91 Å². The van der Waals surface area contributed by atoms with Crippen LogP contribution in [0.15, 0.2) is 36.4 Å². The number of carbonyl (C=O) groups is 1. The van der Waals surface area contributed by atoms with E-state index >= 15 is 0 Å². The number of rotatable bonds is 7. The smallest absolute Gasteiger partial charge is 0.262 e. The number of carbonyl (C=O) groups excluding carboxylic acids is 1. The molecule has 2 aromatic rings. The minimum atomic E-state index is -0.853. The minimum absolute atomic E-state index is 0.105. The van der Waals surface area contributed by atoms with Crippen LogP contribution < -0.4 is 15.4 Å². The first-order chi connectivity index (χ1) is 12.5. The summed E-state index contributed by atoms with van der Waals surface area (Å²) in [5.41, 5.74) is 1.61. The van der Waals surface area contributed by atoms with Gasteiger partial charge in [0, 0.05) is 12.1 Å². The number of aliphatic hydroxyl groups is 1. The first-order valence-electron chi connectivity index (χ1n) is 8.46. The fraction of sp³-hybridized carbons (Fsp3) is 0.316. The van der Waals surface area contributed by atoms with Crippen molar-refractivity contribution >= 4 is 11.6 Å². The fourth-order valence-corrected chi connectivity index (χ4v) is 2.90. The summed E-state index contributed by atoms with van der Waals surface area (Å²) in [6, 6.07) is 9.49. The van der Waals surface area contributed by atoms with Crippen LogP contribution in [0.4, 0.5) is 10.1 Å². The van der Waals surface area contributed by atoms with Crippen molar-refractivity contribution in [1.82, 2.24) is 5.32 Å². The molecule has 2 aromatic carbocycles. The van der Waals surface area contributed by atoms with E-state index in [1.165, 1.54) is 18.2 Å². The highest BCUT2D eigenvalue weighted by atomic mass is 19.1. The average molecular weight is 360 g/mol. The highest BCUT2D eigenvalue weighted by molar-refractivity contribution is 5.97. The van der Waals surface area contributed by atoms with Crippen molar-refractivity contribution in [2.24, 2.45) is 0 Å². The van der Waals surface area contributed by atoms with Crippen LogP contribution in [-0.2, 0) is 11.2 Å². The van der Waals surface area contributed by atoms with Crippen molar-refractivity contribution in [3.63, 3.8) is 0 Å². The molecular weight excluding hydrogens is 339 g/mol. The van der Waals surface area contributed by atoms with Crippen LogP contribution in [-0.4, -0.2) is 35.8 Å². The number of aromatic hydroxyl groups is 1. The van der Waals surface area contributed by atoms with Gasteiger partial charge >= 0.3 is 0 Å². The minimum Gasteiger partial charge on any atom is -0.506 e. The Morgan fingerprint density at radius 3 is 2.96 bits per heavy atom. The zero-order valence-corrected chi connectivity index (χ0v) is 14.2. The third kappa shape index (κ3) is 4.30. The molecule has 6 nitrogen and oxygen atoms in total. The molecule has 0 radical (unpaired) electrons. The van der Waals surface area contributed by atoms with Crippen LogP contribution in [0.2, 0.25) is 0 Å². The van der Waals surface area contributed by atoms with E-state index in [0.29, 0.717) is 17.9 Å². The summed E-state index contributed by atoms with van der Waals surface area (Å²) in [5.74, 6) is -0.407. The number of nitrogens with one attached hydrogen (secondary N) is 2. The molecule has 0 bridgehead atoms. The van der Waals surface area contributed by atoms with Crippen molar-refractivity contribution in [3.05, 3.63) is 53.3 Å². The van der Waals surface area contributed by atoms with Crippen molar-refractivity contribution in [2.45, 2.75) is 18.9 Å². The molecule has 0 spiro atoms. The van der Waals surface area contributed by atoms with Gasteiger partial charge in [-0.2, -0.15) is 0 Å². The maximum absolute atomic E-state index is 13.1. The van der Waals surface area contributed by atoms with Gasteiger partial charge in [-0.25, -0.2) is 4.39 Å². The molecule has 0 aliphatic carbocycles. The lowest BCUT2D eigenvalue weighted by atomic mass is 10.0. The number of phenolic OH excluding ortho intramolecular Hbond substituents is 1. The number of phenols is 1. The number of fused-ring (bicyclic) bond motifs is 1. The summed E-state index contributed by atoms with van der Waals surface area (Å²) in [7, 11) is 0. The number of amides is 1. The highest BCUT2D eigenvalue weighted by Gasteiger charge is 2.25. The van der Waals surface area contributed by atoms with E-state index in [1.54, 1.807) is 12.1 Å². The second-order valence-corrected chi connectivity index (χ2v) is 6.17. The van der Waals surface area contributed by atoms with Crippen molar-refractivity contribution in [3.8, 4) is 11.5 Å². The number of ether oxygens (including phenoxy) is 1. The number of benzene rings is 2. The van der Waals surface area contributed by atoms with Crippen molar-refractivity contribution in [2.75, 3.05) is 25.0 Å². The van der Waals surface area contributed by atoms with Crippen LogP contribution in [0.1, 0.15) is 23.7 Å². The molecule has 0 fully saturated rings. The lowest BCUT2D eigenvalue weighted by Crippen LogP contribution is -2.28. The lowest BCUT2D eigenvalue weighted by molar-refractivity contribution is -0.118. The Balaban J connectivity index is 1.52. The van der Waals surface area contributed by atoms with Gasteiger partial charge in [-0.05, 0) is 49.2 Å². The molecule has 7 heteroatoms. The average Bonchev–Trinajstić information content (AvgIpc) is 2.62. The third-order valence-corrected chi connectivity index (χ3v) is 4.18. The first-order valence-corrected chi connectivity index (χ1v) is 8.46. The Morgan fingerprint density at radius 1 is 1.31 bits per heavy atom. The predicted octanol–water partition coefficient (Wildman–Crippen LogP) is 2.12. The van der Waals surface area contributed by atoms with Gasteiger partial charge in [0.1, 0.15) is 17.3 Å². The molecule has 1 aliphatic rings. The summed E-state index contributed by atoms with van der Waals surface area (Å²) < 4.78 is 18.5. The van der Waals surface area contributed by atoms with E-state index in [4.69, 9.17) is 4.74 Å². The van der Waals surface area contributed by atoms with E-state index in [-0.39, 0.29) is 36.3 Å². The Bertz CT molecular complexity index is 797. The number of halogens is 1. The third-order valence-electron chi connectivity index (χ3n) is 4.18. The molecule has 3 rings (SSSR count). The molecule has 4 N–H and O–H groups in total. The van der Waals surface area contributed by atoms with Gasteiger partial charge in [-0.15, -0.1) is 0 Å². The summed E-state index contributed by atoms with van der Waals surface area (Å²) in [6.45, 7) is 0.792. The number of aliphatic hydroxyl groups excluding tert-OH is 1. The first kappa shape index (κ1) is 18.2. The Hall–Kier alpha value is -2.64. The summed E-state index contributed by atoms with van der Waals surface area (Å²) in [6.07, 6.45) is 0.689. The van der Waals surface area contributed by atoms with Crippen LogP contribution in [0, 0.1) is 5.82 Å². The Morgan fingerprint density at radius 2 is 2.15 bits per heavy atom. The molecule has 1 amide bonds. The van der Waals surface area contributed by atoms with Gasteiger partial charge in [0.15, 0.2) is 12.4 Å². The summed E-state index contributed by atoms with van der Waals surface area (Å²) in [4.78, 5) is 11.4. The van der Waals surface area contributed by atoms with Crippen molar-refractivity contribution < 1.29 is 24.1 Å². The second-order valence-electron chi connectivity index (χ2n) is 6.17. The Labute approximate surface area is 150 Å². The van der Waals surface area contributed by atoms with Crippen molar-refractivity contribution in [1.29, 1.82) is 0 Å². The highest BCUT2D eigenvalue weighted by Crippen LogP contribution is 2.41. The molecule has 0 saturated heterocycles. The molecule has 0 aromatic heterocycles. The van der Waals surface area contributed by atoms with Gasteiger partial charge in [0.2, 0.25) is 0 Å². The fourth-order valence-electron chi connectivity index (χ4n) is 2.90. The quantitative estimate of drug-likeness (QED) is 0.449. The largest absolute Gasteiger partial charge is 0.506 e. The van der Waals surface area contributed by atoms with Crippen LogP contribution in [0.25, 0.3) is 0 Å². The molecule has 26 heavy (non-hydrogen) atoms. The van der Waals surface area contributed by atoms with E-state index < -0.39 is 6.10 Å². The lowest BCUT2D eigenvalue weighted by Gasteiger charge is -2.23. The van der Waals surface area contributed by atoms with E-state index in [0.717, 1.165) is 18.4 Å². The predicted molar refractivity (Wildman–Crippen MR) is 94.8 cm³/mol. The van der Waals surface area contributed by atoms with E-state index in [2.05, 4.69) is 10.6 Å². The number of hydrogen-bond donors (Lipinski definition) is 4. The SMILES string of the molecule is O=C1COc2c(C(O)CNCCCc3cccc(F)c3)ccc(O)c2N1. The zero-order valence-electron chi connectivity index (χ0n) is 14.2. The maximum Gasteiger partial charge on any atom is 0.262 e. The summed E-state index contributed by atoms with van der Waals surface area (Å²) >= 11 is 0. The maximum atomic E-state index is 13.1. The molecule has 138 valence electrons. The van der Waals surface area contributed by atoms with Gasteiger partial charge < -0.3 is 25.6 Å². The number of hydrogen-bond acceptors (Lipinski definition) is 5. The van der Waals surface area contributed by atoms with Crippen LogP contribution in [0.3, 0.4) is 0 Å². The van der Waals surface area contributed by atoms with Crippen LogP contribution >= 0.6 is 0 Å². The number of aryl methyl sites for hydroxylation is 1. The summed E-state index contributed by atoms with van der Waals surface area (Å²) in [5, 5.41) is 25.9. The van der Waals surface area contributed by atoms with Gasteiger partial charge in [-0.3, -0.25) is 4.79 Å². The normalized spacial score (nSPS) is 14.3. The zero-order chi connectivity index (χ0) is 18.5. The molecule has 1 aliphatic heterocycles. The number of anilines is 1. The molecular formula is C19H21FN2O4. The monoisotopic (exact) mass is 360 g/mol. The molecule has 1 heterocycles. The standard InChI is InChI=1S/C19H21FN2O4/c20-13-5-1-3-12(9-13)4-2-8-21-10-16(24)14-6-7-15(23)18-19(14)26-11-17(25)22-18/h1,3,5-7,9,16,21,23-24H,2,4,8,10-11H2,(H,22,25). The molecule has 1 unspecified atom stereocenters. The molecule has 1 atom stereocenters. The topological polar surface area (TPSA) is 90.8 Å². The van der Waals surface area contributed by atoms with E-state index in [1.807, 2.05) is 6.07 Å². The van der Waals surface area contributed by atoms with Crippen LogP contribution in [0.5, 0.6) is 11.5 Å². The van der Waals surface area contributed by atoms with Gasteiger partial charge in [-0.1, -0.05) is 12.1 Å².